The quantitative estimate of drug-likeness (QED) is 0.162. The Bertz CT molecular complexity index is 1750. The van der Waals surface area contributed by atoms with E-state index in [9.17, 15) is 18.0 Å². The number of carbonyl (C=O) groups is 2. The first-order chi connectivity index (χ1) is 21.2. The third-order valence-electron chi connectivity index (χ3n) is 7.47. The number of nitrogens with one attached hydrogen (secondary N) is 2. The predicted octanol–water partition coefficient (Wildman–Crippen LogP) is 5.71. The highest BCUT2D eigenvalue weighted by molar-refractivity contribution is 7.92. The molecule has 1 aliphatic rings. The van der Waals surface area contributed by atoms with Gasteiger partial charge in [-0.3, -0.25) is 14.3 Å². The molecule has 1 aliphatic carbocycles. The average molecular weight is 617 g/mol. The summed E-state index contributed by atoms with van der Waals surface area (Å²) in [5.41, 5.74) is 3.19. The van der Waals surface area contributed by atoms with E-state index < -0.39 is 10.0 Å². The van der Waals surface area contributed by atoms with E-state index >= 15 is 0 Å². The molecule has 0 unspecified atom stereocenters. The fourth-order valence-corrected chi connectivity index (χ4v) is 6.00. The number of rotatable bonds is 15. The van der Waals surface area contributed by atoms with Gasteiger partial charge in [0.2, 0.25) is 5.91 Å². The van der Waals surface area contributed by atoms with Crippen molar-refractivity contribution in [2.45, 2.75) is 56.3 Å². The Labute approximate surface area is 257 Å². The van der Waals surface area contributed by atoms with E-state index in [0.29, 0.717) is 28.8 Å². The number of benzene rings is 3. The number of sulfonamides is 1. The van der Waals surface area contributed by atoms with E-state index in [2.05, 4.69) is 15.0 Å². The molecule has 3 aromatic carbocycles. The van der Waals surface area contributed by atoms with Crippen LogP contribution in [-0.4, -0.2) is 44.3 Å². The van der Waals surface area contributed by atoms with Crippen molar-refractivity contribution in [3.63, 3.8) is 0 Å². The normalized spacial score (nSPS) is 13.0. The third-order valence-corrected chi connectivity index (χ3v) is 8.81. The van der Waals surface area contributed by atoms with Gasteiger partial charge < -0.3 is 14.8 Å². The molecule has 0 aliphatic heterocycles. The number of Topliss-reactive ketones (excluding diaryl/α,β-unsaturated/α-hetero) is 1. The molecule has 10 nitrogen and oxygen atoms in total. The van der Waals surface area contributed by atoms with Crippen molar-refractivity contribution >= 4 is 44.3 Å². The van der Waals surface area contributed by atoms with Crippen LogP contribution in [0.1, 0.15) is 49.8 Å². The monoisotopic (exact) mass is 616 g/mol. The molecule has 1 amide bonds. The topological polar surface area (TPSA) is 137 Å². The lowest BCUT2D eigenvalue weighted by molar-refractivity contribution is -0.123. The number of hydrogen-bond donors (Lipinski definition) is 2. The van der Waals surface area contributed by atoms with Crippen molar-refractivity contribution < 1.29 is 27.5 Å². The molecule has 1 fully saturated rings. The first kappa shape index (κ1) is 30.9. The summed E-state index contributed by atoms with van der Waals surface area (Å²) in [6.07, 6.45) is 4.90. The number of fused-ring (bicyclic) bond motifs is 1. The molecular formula is C33H36N4O6S. The van der Waals surface area contributed by atoms with Crippen molar-refractivity contribution in [2.75, 3.05) is 24.3 Å². The Morgan fingerprint density at radius 2 is 1.52 bits per heavy atom. The minimum atomic E-state index is -4.07. The highest BCUT2D eigenvalue weighted by Gasteiger charge is 2.29. The molecule has 4 aromatic rings. The Morgan fingerprint density at radius 1 is 0.841 bits per heavy atom. The van der Waals surface area contributed by atoms with Crippen molar-refractivity contribution in [2.24, 2.45) is 5.92 Å². The van der Waals surface area contributed by atoms with Gasteiger partial charge in [0.15, 0.2) is 5.82 Å². The van der Waals surface area contributed by atoms with Crippen molar-refractivity contribution in [3.05, 3.63) is 78.0 Å². The first-order valence-electron chi connectivity index (χ1n) is 14.7. The molecule has 0 spiro atoms. The fourth-order valence-electron chi connectivity index (χ4n) is 4.92. The summed E-state index contributed by atoms with van der Waals surface area (Å²) in [5.74, 6) is 1.49. The molecule has 1 aromatic heterocycles. The van der Waals surface area contributed by atoms with E-state index in [0.717, 1.165) is 49.2 Å². The third kappa shape index (κ3) is 8.10. The number of hydrogen-bond acceptors (Lipinski definition) is 8. The summed E-state index contributed by atoms with van der Waals surface area (Å²) in [7, 11) is -0.832. The predicted molar refractivity (Wildman–Crippen MR) is 169 cm³/mol. The maximum absolute atomic E-state index is 13.5. The number of ketones is 1. The minimum absolute atomic E-state index is 0.0303. The summed E-state index contributed by atoms with van der Waals surface area (Å²) in [5, 5.41) is 2.70. The van der Waals surface area contributed by atoms with Crippen LogP contribution in [0.4, 0.5) is 11.5 Å². The van der Waals surface area contributed by atoms with Crippen LogP contribution in [-0.2, 0) is 32.5 Å². The largest absolute Gasteiger partial charge is 0.497 e. The Kier molecular flexibility index (Phi) is 9.74. The zero-order valence-corrected chi connectivity index (χ0v) is 25.7. The highest BCUT2D eigenvalue weighted by atomic mass is 32.2. The van der Waals surface area contributed by atoms with E-state index in [-0.39, 0.29) is 41.2 Å². The maximum Gasteiger partial charge on any atom is 0.263 e. The highest BCUT2D eigenvalue weighted by Crippen LogP contribution is 2.31. The standard InChI is InChI=1S/C33H36N4O6S/c1-42-25-18-22(19-26(21-25)43-2)8-3-4-13-30-33(36-29-12-6-5-11-28(29)35-30)37-44(40,41)27-10-7-9-24(20-27)34-32(39)17-16-31(38)23-14-15-23/h5-7,9-12,18-21,23H,3-4,8,13-17H2,1-2H3,(H,34,39)(H,36,37). The van der Waals surface area contributed by atoms with Crippen LogP contribution in [0.5, 0.6) is 11.5 Å². The van der Waals surface area contributed by atoms with Crippen LogP contribution < -0.4 is 19.5 Å². The molecular weight excluding hydrogens is 580 g/mol. The number of anilines is 2. The van der Waals surface area contributed by atoms with Crippen molar-refractivity contribution in [1.29, 1.82) is 0 Å². The molecule has 5 rings (SSSR count). The zero-order valence-electron chi connectivity index (χ0n) is 24.8. The second-order valence-electron chi connectivity index (χ2n) is 10.9. The number of aromatic nitrogens is 2. The van der Waals surface area contributed by atoms with Gasteiger partial charge in [-0.1, -0.05) is 18.2 Å². The lowest BCUT2D eigenvalue weighted by Crippen LogP contribution is -2.17. The van der Waals surface area contributed by atoms with E-state index in [1.54, 1.807) is 32.4 Å². The average Bonchev–Trinajstić information content (AvgIpc) is 3.88. The number of amides is 1. The Hall–Kier alpha value is -4.51. The minimum Gasteiger partial charge on any atom is -0.497 e. The van der Waals surface area contributed by atoms with Crippen LogP contribution in [0, 0.1) is 5.92 Å². The van der Waals surface area contributed by atoms with Gasteiger partial charge in [-0.15, -0.1) is 0 Å². The van der Waals surface area contributed by atoms with E-state index in [1.165, 1.54) is 12.1 Å². The first-order valence-corrected chi connectivity index (χ1v) is 16.2. The van der Waals surface area contributed by atoms with Gasteiger partial charge in [-0.2, -0.15) is 0 Å². The fraction of sp³-hybridized carbons (Fsp3) is 0.333. The second kappa shape index (κ2) is 13.9. The summed E-state index contributed by atoms with van der Waals surface area (Å²) >= 11 is 0. The number of unbranched alkanes of at least 4 members (excludes halogenated alkanes) is 1. The van der Waals surface area contributed by atoms with Gasteiger partial charge >= 0.3 is 0 Å². The number of aryl methyl sites for hydroxylation is 2. The molecule has 0 bridgehead atoms. The molecule has 1 heterocycles. The van der Waals surface area contributed by atoms with Crippen LogP contribution in [0.2, 0.25) is 0 Å². The van der Waals surface area contributed by atoms with Gasteiger partial charge in [-0.05, 0) is 86.6 Å². The zero-order chi connectivity index (χ0) is 31.1. The van der Waals surface area contributed by atoms with Gasteiger partial charge in [0, 0.05) is 30.5 Å². The molecule has 11 heteroatoms. The van der Waals surface area contributed by atoms with Gasteiger partial charge in [0.25, 0.3) is 10.0 Å². The Balaban J connectivity index is 1.28. The van der Waals surface area contributed by atoms with E-state index in [4.69, 9.17) is 14.5 Å². The van der Waals surface area contributed by atoms with Gasteiger partial charge in [0.1, 0.15) is 17.3 Å². The molecule has 230 valence electrons. The molecule has 44 heavy (non-hydrogen) atoms. The summed E-state index contributed by atoms with van der Waals surface area (Å²) < 4.78 is 40.4. The summed E-state index contributed by atoms with van der Waals surface area (Å²) in [6, 6.07) is 19.1. The van der Waals surface area contributed by atoms with Crippen LogP contribution in [0.25, 0.3) is 11.0 Å². The molecule has 0 saturated heterocycles. The number of ether oxygens (including phenoxy) is 2. The Morgan fingerprint density at radius 3 is 2.20 bits per heavy atom. The SMILES string of the molecule is COc1cc(CCCCc2nc3ccccc3nc2NS(=O)(=O)c2cccc(NC(=O)CCC(=O)C3CC3)c2)cc(OC)c1. The number of carbonyl (C=O) groups excluding carboxylic acids is 2. The molecule has 0 radical (unpaired) electrons. The van der Waals surface area contributed by atoms with Gasteiger partial charge in [0.05, 0.1) is 35.8 Å². The maximum atomic E-state index is 13.5. The molecule has 0 atom stereocenters. The summed E-state index contributed by atoms with van der Waals surface area (Å²) in [4.78, 5) is 33.7. The number of methoxy groups -OCH3 is 2. The summed E-state index contributed by atoms with van der Waals surface area (Å²) in [6.45, 7) is 0. The number of nitrogens with zero attached hydrogens (tertiary/aromatic N) is 2. The van der Waals surface area contributed by atoms with Gasteiger partial charge in [-0.25, -0.2) is 18.4 Å². The van der Waals surface area contributed by atoms with Crippen LogP contribution in [0.15, 0.2) is 71.6 Å². The van der Waals surface area contributed by atoms with Crippen LogP contribution in [0.3, 0.4) is 0 Å². The second-order valence-corrected chi connectivity index (χ2v) is 12.5. The van der Waals surface area contributed by atoms with E-state index in [1.807, 2.05) is 36.4 Å². The molecule has 1 saturated carbocycles. The molecule has 2 N–H and O–H groups in total. The number of para-hydroxylation sites is 2. The lowest BCUT2D eigenvalue weighted by atomic mass is 10.1. The lowest BCUT2D eigenvalue weighted by Gasteiger charge is -2.14. The smallest absolute Gasteiger partial charge is 0.263 e. The van der Waals surface area contributed by atoms with Crippen LogP contribution >= 0.6 is 0 Å². The van der Waals surface area contributed by atoms with Crippen molar-refractivity contribution in [1.82, 2.24) is 9.97 Å². The van der Waals surface area contributed by atoms with Crippen molar-refractivity contribution in [3.8, 4) is 11.5 Å².